The molecule has 0 N–H and O–H groups in total. The van der Waals surface area contributed by atoms with E-state index in [4.69, 9.17) is 9.47 Å². The van der Waals surface area contributed by atoms with Crippen molar-refractivity contribution in [2.24, 2.45) is 11.8 Å². The number of likely N-dealkylation sites (tertiary alicyclic amines) is 1. The Balaban J connectivity index is 1.55. The van der Waals surface area contributed by atoms with E-state index in [0.29, 0.717) is 5.92 Å². The quantitative estimate of drug-likeness (QED) is 0.794. The zero-order valence-electron chi connectivity index (χ0n) is 12.8. The number of esters is 1. The van der Waals surface area contributed by atoms with Gasteiger partial charge in [-0.2, -0.15) is 0 Å². The van der Waals surface area contributed by atoms with Gasteiger partial charge in [0.25, 0.3) is 0 Å². The average molecular weight is 289 g/mol. The van der Waals surface area contributed by atoms with Gasteiger partial charge < -0.3 is 14.4 Å². The molecule has 2 heterocycles. The third kappa shape index (κ3) is 3.05. The molecule has 0 radical (unpaired) electrons. The molecule has 1 aromatic carbocycles. The fourth-order valence-electron chi connectivity index (χ4n) is 3.39. The molecule has 4 nitrogen and oxygen atoms in total. The predicted molar refractivity (Wildman–Crippen MR) is 80.5 cm³/mol. The van der Waals surface area contributed by atoms with Gasteiger partial charge in [-0.1, -0.05) is 19.1 Å². The molecule has 2 aliphatic rings. The number of nitrogens with zero attached hydrogens (tertiary/aromatic N) is 1. The minimum absolute atomic E-state index is 0.0309. The summed E-state index contributed by atoms with van der Waals surface area (Å²) in [6.07, 6.45) is 2.04. The molecule has 0 amide bonds. The lowest BCUT2D eigenvalue weighted by molar-refractivity contribution is -0.146. The Morgan fingerprint density at radius 2 is 2.29 bits per heavy atom. The maximum Gasteiger partial charge on any atom is 0.310 e. The summed E-state index contributed by atoms with van der Waals surface area (Å²) in [6.45, 7) is 5.74. The molecule has 1 saturated heterocycles. The minimum atomic E-state index is -0.0697. The molecule has 2 atom stereocenters. The van der Waals surface area contributed by atoms with Crippen molar-refractivity contribution >= 4 is 5.97 Å². The fourth-order valence-corrected chi connectivity index (χ4v) is 3.39. The molecular formula is C17H23NO3. The summed E-state index contributed by atoms with van der Waals surface area (Å²) >= 11 is 0. The first kappa shape index (κ1) is 14.4. The van der Waals surface area contributed by atoms with Gasteiger partial charge >= 0.3 is 5.97 Å². The average Bonchev–Trinajstić information content (AvgIpc) is 3.10. The molecule has 2 aliphatic heterocycles. The van der Waals surface area contributed by atoms with Crippen molar-refractivity contribution in [1.29, 1.82) is 0 Å². The first-order chi connectivity index (χ1) is 10.2. The second kappa shape index (κ2) is 6.06. The molecule has 4 heteroatoms. The van der Waals surface area contributed by atoms with Crippen molar-refractivity contribution in [1.82, 2.24) is 4.90 Å². The van der Waals surface area contributed by atoms with E-state index in [1.165, 1.54) is 18.2 Å². The number of ether oxygens (including phenoxy) is 2. The van der Waals surface area contributed by atoms with E-state index in [-0.39, 0.29) is 11.9 Å². The van der Waals surface area contributed by atoms with Gasteiger partial charge in [0.05, 0.1) is 19.6 Å². The van der Waals surface area contributed by atoms with E-state index in [1.807, 2.05) is 0 Å². The summed E-state index contributed by atoms with van der Waals surface area (Å²) < 4.78 is 10.4. The molecule has 0 spiro atoms. The van der Waals surface area contributed by atoms with Crippen LogP contribution in [0.5, 0.6) is 5.75 Å². The summed E-state index contributed by atoms with van der Waals surface area (Å²) in [5, 5.41) is 0. The minimum Gasteiger partial charge on any atom is -0.493 e. The first-order valence-corrected chi connectivity index (χ1v) is 7.72. The van der Waals surface area contributed by atoms with Crippen LogP contribution in [0.1, 0.15) is 18.1 Å². The number of hydrogen-bond donors (Lipinski definition) is 0. The Kier molecular flexibility index (Phi) is 4.15. The monoisotopic (exact) mass is 289 g/mol. The van der Waals surface area contributed by atoms with Crippen LogP contribution in [0.3, 0.4) is 0 Å². The SMILES string of the molecule is COC(=O)C1CN(CCc2ccc3c(c2)CCO3)CC1C. The molecule has 0 aliphatic carbocycles. The van der Waals surface area contributed by atoms with Crippen molar-refractivity contribution < 1.29 is 14.3 Å². The lowest BCUT2D eigenvalue weighted by Crippen LogP contribution is -2.26. The molecule has 2 unspecified atom stereocenters. The number of rotatable bonds is 4. The number of fused-ring (bicyclic) bond motifs is 1. The van der Waals surface area contributed by atoms with E-state index in [1.54, 1.807) is 0 Å². The third-order valence-corrected chi connectivity index (χ3v) is 4.66. The molecule has 1 fully saturated rings. The summed E-state index contributed by atoms with van der Waals surface area (Å²) in [6, 6.07) is 6.50. The Morgan fingerprint density at radius 1 is 1.43 bits per heavy atom. The Morgan fingerprint density at radius 3 is 3.10 bits per heavy atom. The van der Waals surface area contributed by atoms with Gasteiger partial charge in [-0.15, -0.1) is 0 Å². The van der Waals surface area contributed by atoms with Gasteiger partial charge in [0.15, 0.2) is 0 Å². The number of carbonyl (C=O) groups excluding carboxylic acids is 1. The van der Waals surface area contributed by atoms with Gasteiger partial charge in [-0.05, 0) is 29.5 Å². The molecule has 0 aromatic heterocycles. The lowest BCUT2D eigenvalue weighted by atomic mass is 9.99. The maximum atomic E-state index is 11.7. The highest BCUT2D eigenvalue weighted by molar-refractivity contribution is 5.73. The predicted octanol–water partition coefficient (Wildman–Crippen LogP) is 1.90. The molecule has 0 saturated carbocycles. The highest BCUT2D eigenvalue weighted by Gasteiger charge is 2.35. The van der Waals surface area contributed by atoms with Crippen molar-refractivity contribution in [2.45, 2.75) is 19.8 Å². The van der Waals surface area contributed by atoms with Crippen LogP contribution in [0.15, 0.2) is 18.2 Å². The number of benzene rings is 1. The molecular weight excluding hydrogens is 266 g/mol. The van der Waals surface area contributed by atoms with Crippen LogP contribution in [-0.2, 0) is 22.4 Å². The van der Waals surface area contributed by atoms with Gasteiger partial charge in [-0.3, -0.25) is 4.79 Å². The van der Waals surface area contributed by atoms with E-state index in [9.17, 15) is 4.79 Å². The van der Waals surface area contributed by atoms with Crippen LogP contribution in [0.4, 0.5) is 0 Å². The highest BCUT2D eigenvalue weighted by Crippen LogP contribution is 2.27. The van der Waals surface area contributed by atoms with Gasteiger partial charge in [0, 0.05) is 26.1 Å². The van der Waals surface area contributed by atoms with E-state index < -0.39 is 0 Å². The summed E-state index contributed by atoms with van der Waals surface area (Å²) in [7, 11) is 1.48. The van der Waals surface area contributed by atoms with Crippen molar-refractivity contribution in [3.8, 4) is 5.75 Å². The van der Waals surface area contributed by atoms with Crippen molar-refractivity contribution in [3.05, 3.63) is 29.3 Å². The van der Waals surface area contributed by atoms with Crippen LogP contribution in [0.25, 0.3) is 0 Å². The van der Waals surface area contributed by atoms with Crippen LogP contribution in [0, 0.1) is 11.8 Å². The summed E-state index contributed by atoms with van der Waals surface area (Å²) in [5.41, 5.74) is 2.68. The zero-order valence-corrected chi connectivity index (χ0v) is 12.8. The normalized spacial score (nSPS) is 24.7. The van der Waals surface area contributed by atoms with E-state index in [0.717, 1.165) is 44.8 Å². The maximum absolute atomic E-state index is 11.7. The molecule has 21 heavy (non-hydrogen) atoms. The molecule has 114 valence electrons. The number of carbonyl (C=O) groups is 1. The third-order valence-electron chi connectivity index (χ3n) is 4.66. The first-order valence-electron chi connectivity index (χ1n) is 7.72. The second-order valence-corrected chi connectivity index (χ2v) is 6.16. The molecule has 1 aromatic rings. The smallest absolute Gasteiger partial charge is 0.310 e. The Labute approximate surface area is 126 Å². The zero-order chi connectivity index (χ0) is 14.8. The summed E-state index contributed by atoms with van der Waals surface area (Å²) in [5.74, 6) is 1.38. The van der Waals surface area contributed by atoms with Crippen LogP contribution in [-0.4, -0.2) is 44.2 Å². The standard InChI is InChI=1S/C17H23NO3/c1-12-10-18(11-15(12)17(19)20-2)7-5-13-3-4-16-14(9-13)6-8-21-16/h3-4,9,12,15H,5-8,10-11H2,1-2H3. The molecule has 3 rings (SSSR count). The Bertz CT molecular complexity index is 529. The number of hydrogen-bond acceptors (Lipinski definition) is 4. The lowest BCUT2D eigenvalue weighted by Gasteiger charge is -2.15. The highest BCUT2D eigenvalue weighted by atomic mass is 16.5. The van der Waals surface area contributed by atoms with Crippen LogP contribution < -0.4 is 4.74 Å². The van der Waals surface area contributed by atoms with Crippen molar-refractivity contribution in [3.63, 3.8) is 0 Å². The fraction of sp³-hybridized carbons (Fsp3) is 0.588. The largest absolute Gasteiger partial charge is 0.493 e. The van der Waals surface area contributed by atoms with Gasteiger partial charge in [-0.25, -0.2) is 0 Å². The van der Waals surface area contributed by atoms with E-state index in [2.05, 4.69) is 30.0 Å². The van der Waals surface area contributed by atoms with Crippen LogP contribution >= 0.6 is 0 Å². The van der Waals surface area contributed by atoms with Crippen LogP contribution in [0.2, 0.25) is 0 Å². The molecule has 0 bridgehead atoms. The van der Waals surface area contributed by atoms with E-state index >= 15 is 0 Å². The Hall–Kier alpha value is -1.55. The topological polar surface area (TPSA) is 38.8 Å². The summed E-state index contributed by atoms with van der Waals surface area (Å²) in [4.78, 5) is 14.1. The van der Waals surface area contributed by atoms with Gasteiger partial charge in [0.1, 0.15) is 5.75 Å². The second-order valence-electron chi connectivity index (χ2n) is 6.16. The number of methoxy groups -OCH3 is 1. The van der Waals surface area contributed by atoms with Gasteiger partial charge in [0.2, 0.25) is 0 Å². The van der Waals surface area contributed by atoms with Crippen molar-refractivity contribution in [2.75, 3.05) is 33.4 Å².